The average molecular weight is 304 g/mol. The number of ether oxygens (including phenoxy) is 1. The van der Waals surface area contributed by atoms with E-state index in [-0.39, 0.29) is 11.5 Å². The van der Waals surface area contributed by atoms with Crippen LogP contribution in [0.4, 0.5) is 0 Å². The van der Waals surface area contributed by atoms with Crippen LogP contribution in [0.15, 0.2) is 36.4 Å². The lowest BCUT2D eigenvalue weighted by Gasteiger charge is -2.16. The highest BCUT2D eigenvalue weighted by Crippen LogP contribution is 2.35. The molecule has 1 atom stereocenters. The van der Waals surface area contributed by atoms with E-state index in [1.165, 1.54) is 4.88 Å². The number of aliphatic hydroxyl groups is 1. The second kappa shape index (κ2) is 6.20. The summed E-state index contributed by atoms with van der Waals surface area (Å²) < 4.78 is 5.69. The summed E-state index contributed by atoms with van der Waals surface area (Å²) in [7, 11) is 0. The molecule has 0 aliphatic rings. The normalized spacial score (nSPS) is 13.5. The summed E-state index contributed by atoms with van der Waals surface area (Å²) in [6, 6.07) is 11.8. The number of benzene rings is 1. The standard InChI is InChI=1S/C18H24O2S/c1-12(2)20-14-8-6-7-13(11-14)17(19)15-9-10-16(21-15)18(3,4)5/h6-12,17,19H,1-5H3. The molecule has 1 N–H and O–H groups in total. The number of hydrogen-bond donors (Lipinski definition) is 1. The van der Waals surface area contributed by atoms with E-state index in [9.17, 15) is 5.11 Å². The van der Waals surface area contributed by atoms with Crippen LogP contribution in [-0.2, 0) is 5.41 Å². The zero-order valence-corrected chi connectivity index (χ0v) is 14.2. The van der Waals surface area contributed by atoms with Crippen molar-refractivity contribution < 1.29 is 9.84 Å². The van der Waals surface area contributed by atoms with Crippen LogP contribution in [0.2, 0.25) is 0 Å². The van der Waals surface area contributed by atoms with Gasteiger partial charge in [-0.1, -0.05) is 32.9 Å². The summed E-state index contributed by atoms with van der Waals surface area (Å²) >= 11 is 1.67. The van der Waals surface area contributed by atoms with Crippen LogP contribution < -0.4 is 4.74 Å². The maximum absolute atomic E-state index is 10.6. The summed E-state index contributed by atoms with van der Waals surface area (Å²) in [6.45, 7) is 10.6. The highest BCUT2D eigenvalue weighted by Gasteiger charge is 2.20. The van der Waals surface area contributed by atoms with E-state index in [1.807, 2.05) is 44.2 Å². The molecule has 0 radical (unpaired) electrons. The van der Waals surface area contributed by atoms with Gasteiger partial charge in [-0.05, 0) is 49.1 Å². The Morgan fingerprint density at radius 1 is 1.10 bits per heavy atom. The molecule has 0 aliphatic carbocycles. The fourth-order valence-electron chi connectivity index (χ4n) is 2.10. The van der Waals surface area contributed by atoms with Crippen molar-refractivity contribution in [1.29, 1.82) is 0 Å². The topological polar surface area (TPSA) is 29.5 Å². The van der Waals surface area contributed by atoms with Crippen LogP contribution in [-0.4, -0.2) is 11.2 Å². The molecule has 2 rings (SSSR count). The zero-order chi connectivity index (χ0) is 15.6. The van der Waals surface area contributed by atoms with Gasteiger partial charge in [0.15, 0.2) is 0 Å². The third-order valence-electron chi connectivity index (χ3n) is 3.18. The maximum atomic E-state index is 10.6. The smallest absolute Gasteiger partial charge is 0.120 e. The highest BCUT2D eigenvalue weighted by atomic mass is 32.1. The lowest BCUT2D eigenvalue weighted by Crippen LogP contribution is -2.08. The average Bonchev–Trinajstić information content (AvgIpc) is 2.86. The van der Waals surface area contributed by atoms with E-state index in [0.29, 0.717) is 0 Å². The van der Waals surface area contributed by atoms with Gasteiger partial charge in [-0.25, -0.2) is 0 Å². The predicted octanol–water partition coefficient (Wildman–Crippen LogP) is 4.91. The molecule has 21 heavy (non-hydrogen) atoms. The van der Waals surface area contributed by atoms with Gasteiger partial charge in [-0.15, -0.1) is 11.3 Å². The molecule has 1 heterocycles. The lowest BCUT2D eigenvalue weighted by atomic mass is 9.95. The Morgan fingerprint density at radius 2 is 1.81 bits per heavy atom. The van der Waals surface area contributed by atoms with Gasteiger partial charge in [0, 0.05) is 9.75 Å². The second-order valence-electron chi connectivity index (χ2n) is 6.59. The van der Waals surface area contributed by atoms with Crippen molar-refractivity contribution in [3.8, 4) is 5.75 Å². The zero-order valence-electron chi connectivity index (χ0n) is 13.4. The first-order chi connectivity index (χ1) is 9.77. The molecule has 0 bridgehead atoms. The minimum atomic E-state index is -0.596. The van der Waals surface area contributed by atoms with E-state index < -0.39 is 6.10 Å². The van der Waals surface area contributed by atoms with E-state index in [2.05, 4.69) is 26.8 Å². The van der Waals surface area contributed by atoms with Crippen LogP contribution in [0.25, 0.3) is 0 Å². The third kappa shape index (κ3) is 4.08. The van der Waals surface area contributed by atoms with Crippen molar-refractivity contribution in [1.82, 2.24) is 0 Å². The van der Waals surface area contributed by atoms with Crippen LogP contribution >= 0.6 is 11.3 Å². The minimum absolute atomic E-state index is 0.116. The van der Waals surface area contributed by atoms with Crippen molar-refractivity contribution in [3.05, 3.63) is 51.7 Å². The minimum Gasteiger partial charge on any atom is -0.491 e. The van der Waals surface area contributed by atoms with Gasteiger partial charge in [0.2, 0.25) is 0 Å². The summed E-state index contributed by atoms with van der Waals surface area (Å²) in [5.74, 6) is 0.800. The Kier molecular flexibility index (Phi) is 4.74. The fraction of sp³-hybridized carbons (Fsp3) is 0.444. The molecule has 0 saturated heterocycles. The fourth-order valence-corrected chi connectivity index (χ4v) is 3.18. The van der Waals surface area contributed by atoms with Gasteiger partial charge in [-0.3, -0.25) is 0 Å². The Morgan fingerprint density at radius 3 is 2.38 bits per heavy atom. The molecule has 0 amide bonds. The monoisotopic (exact) mass is 304 g/mol. The Hall–Kier alpha value is -1.32. The lowest BCUT2D eigenvalue weighted by molar-refractivity contribution is 0.220. The Balaban J connectivity index is 2.23. The molecule has 0 fully saturated rings. The van der Waals surface area contributed by atoms with Crippen molar-refractivity contribution in [3.63, 3.8) is 0 Å². The Bertz CT molecular complexity index is 593. The van der Waals surface area contributed by atoms with Gasteiger partial charge >= 0.3 is 0 Å². The quantitative estimate of drug-likeness (QED) is 0.869. The van der Waals surface area contributed by atoms with E-state index in [0.717, 1.165) is 16.2 Å². The van der Waals surface area contributed by atoms with E-state index in [1.54, 1.807) is 11.3 Å². The van der Waals surface area contributed by atoms with Crippen molar-refractivity contribution in [2.75, 3.05) is 0 Å². The number of rotatable bonds is 4. The maximum Gasteiger partial charge on any atom is 0.120 e. The molecule has 0 spiro atoms. The highest BCUT2D eigenvalue weighted by molar-refractivity contribution is 7.12. The van der Waals surface area contributed by atoms with Crippen molar-refractivity contribution >= 4 is 11.3 Å². The van der Waals surface area contributed by atoms with Crippen LogP contribution in [0.1, 0.15) is 56.0 Å². The van der Waals surface area contributed by atoms with Crippen molar-refractivity contribution in [2.24, 2.45) is 0 Å². The van der Waals surface area contributed by atoms with Gasteiger partial charge < -0.3 is 9.84 Å². The molecular formula is C18H24O2S. The summed E-state index contributed by atoms with van der Waals surface area (Å²) in [6.07, 6.45) is -0.464. The molecule has 2 nitrogen and oxygen atoms in total. The van der Waals surface area contributed by atoms with Crippen LogP contribution in [0, 0.1) is 0 Å². The summed E-state index contributed by atoms with van der Waals surface area (Å²) in [5, 5.41) is 10.6. The van der Waals surface area contributed by atoms with Gasteiger partial charge in [0.25, 0.3) is 0 Å². The molecule has 3 heteroatoms. The molecule has 2 aromatic rings. The first kappa shape index (κ1) is 16.1. The van der Waals surface area contributed by atoms with Crippen LogP contribution in [0.3, 0.4) is 0 Å². The first-order valence-corrected chi connectivity index (χ1v) is 8.14. The summed E-state index contributed by atoms with van der Waals surface area (Å²) in [5.41, 5.74) is 0.987. The first-order valence-electron chi connectivity index (χ1n) is 7.32. The van der Waals surface area contributed by atoms with Gasteiger partial charge in [0.05, 0.1) is 6.10 Å². The largest absolute Gasteiger partial charge is 0.491 e. The number of thiophene rings is 1. The second-order valence-corrected chi connectivity index (χ2v) is 7.71. The molecule has 0 saturated carbocycles. The molecule has 1 aromatic carbocycles. The molecular weight excluding hydrogens is 280 g/mol. The molecule has 1 unspecified atom stereocenters. The molecule has 0 aliphatic heterocycles. The number of aliphatic hydroxyl groups excluding tert-OH is 1. The van der Waals surface area contributed by atoms with E-state index >= 15 is 0 Å². The Labute approximate surface area is 131 Å². The van der Waals surface area contributed by atoms with Crippen LogP contribution in [0.5, 0.6) is 5.75 Å². The third-order valence-corrected chi connectivity index (χ3v) is 4.74. The summed E-state index contributed by atoms with van der Waals surface area (Å²) in [4.78, 5) is 2.26. The SMILES string of the molecule is CC(C)Oc1cccc(C(O)c2ccc(C(C)(C)C)s2)c1. The van der Waals surface area contributed by atoms with Gasteiger partial charge in [-0.2, -0.15) is 0 Å². The van der Waals surface area contributed by atoms with Crippen molar-refractivity contribution in [2.45, 2.75) is 52.2 Å². The van der Waals surface area contributed by atoms with E-state index in [4.69, 9.17) is 4.74 Å². The number of hydrogen-bond acceptors (Lipinski definition) is 3. The van der Waals surface area contributed by atoms with Gasteiger partial charge in [0.1, 0.15) is 11.9 Å². The molecule has 1 aromatic heterocycles. The molecule has 114 valence electrons. The predicted molar refractivity (Wildman–Crippen MR) is 89.3 cm³/mol.